The van der Waals surface area contributed by atoms with Gasteiger partial charge in [0.25, 0.3) is 0 Å². The molecule has 0 saturated heterocycles. The van der Waals surface area contributed by atoms with E-state index in [1.54, 1.807) is 0 Å². The quantitative estimate of drug-likeness (QED) is 0.746. The largest absolute Gasteiger partial charge is 0.495 e. The first-order valence-electron chi connectivity index (χ1n) is 3.85. The fraction of sp³-hybridized carbons (Fsp3) is 0.333. The van der Waals surface area contributed by atoms with Gasteiger partial charge in [-0.3, -0.25) is 0 Å². The highest BCUT2D eigenvalue weighted by Crippen LogP contribution is 2.29. The lowest BCUT2D eigenvalue weighted by Crippen LogP contribution is -2.26. The SMILES string of the molecule is COc1ccc(C(O)(O)OC)cc1Cl. The number of benzene rings is 1. The van der Waals surface area contributed by atoms with E-state index in [4.69, 9.17) is 16.3 Å². The van der Waals surface area contributed by atoms with E-state index in [1.807, 2.05) is 0 Å². The zero-order chi connectivity index (χ0) is 10.8. The van der Waals surface area contributed by atoms with Crippen LogP contribution in [0.15, 0.2) is 18.2 Å². The summed E-state index contributed by atoms with van der Waals surface area (Å²) in [6, 6.07) is 4.34. The van der Waals surface area contributed by atoms with Crippen LogP contribution in [0.5, 0.6) is 5.75 Å². The molecule has 0 heterocycles. The van der Waals surface area contributed by atoms with Gasteiger partial charge in [0.15, 0.2) is 0 Å². The third-order valence-electron chi connectivity index (χ3n) is 1.81. The Morgan fingerprint density at radius 1 is 1.29 bits per heavy atom. The van der Waals surface area contributed by atoms with Crippen molar-refractivity contribution in [1.82, 2.24) is 0 Å². The number of ether oxygens (including phenoxy) is 2. The Kier molecular flexibility index (Phi) is 3.34. The summed E-state index contributed by atoms with van der Waals surface area (Å²) in [4.78, 5) is 0. The molecular formula is C9H11ClO4. The van der Waals surface area contributed by atoms with E-state index in [2.05, 4.69) is 4.74 Å². The molecule has 0 aliphatic heterocycles. The number of hydrogen-bond donors (Lipinski definition) is 2. The lowest BCUT2D eigenvalue weighted by Gasteiger charge is -2.20. The van der Waals surface area contributed by atoms with Crippen molar-refractivity contribution < 1.29 is 19.7 Å². The molecule has 0 spiro atoms. The molecule has 0 unspecified atom stereocenters. The van der Waals surface area contributed by atoms with Crippen LogP contribution in [-0.4, -0.2) is 24.4 Å². The van der Waals surface area contributed by atoms with Crippen LogP contribution in [0.2, 0.25) is 5.02 Å². The summed E-state index contributed by atoms with van der Waals surface area (Å²) < 4.78 is 9.37. The predicted octanol–water partition coefficient (Wildman–Crippen LogP) is 1.09. The standard InChI is InChI=1S/C9H11ClO4/c1-13-8-4-3-6(5-7(8)10)9(11,12)14-2/h3-5,11-12H,1-2H3. The van der Waals surface area contributed by atoms with Crippen LogP contribution >= 0.6 is 11.6 Å². The number of hydrogen-bond acceptors (Lipinski definition) is 4. The first kappa shape index (κ1) is 11.3. The van der Waals surface area contributed by atoms with Gasteiger partial charge in [0, 0.05) is 12.7 Å². The van der Waals surface area contributed by atoms with E-state index in [9.17, 15) is 10.2 Å². The summed E-state index contributed by atoms with van der Waals surface area (Å²) in [5, 5.41) is 18.9. The molecule has 1 aromatic carbocycles. The molecule has 1 rings (SSSR count). The number of rotatable bonds is 3. The van der Waals surface area contributed by atoms with Crippen molar-refractivity contribution in [2.45, 2.75) is 5.97 Å². The van der Waals surface area contributed by atoms with Crippen molar-refractivity contribution in [2.75, 3.05) is 14.2 Å². The van der Waals surface area contributed by atoms with E-state index in [1.165, 1.54) is 32.4 Å². The third kappa shape index (κ3) is 2.16. The zero-order valence-corrected chi connectivity index (χ0v) is 8.58. The van der Waals surface area contributed by atoms with E-state index >= 15 is 0 Å². The van der Waals surface area contributed by atoms with Gasteiger partial charge >= 0.3 is 5.97 Å². The number of halogens is 1. The van der Waals surface area contributed by atoms with Gasteiger partial charge in [-0.1, -0.05) is 11.6 Å². The van der Waals surface area contributed by atoms with E-state index in [-0.39, 0.29) is 10.6 Å². The second-order valence-electron chi connectivity index (χ2n) is 2.66. The molecule has 0 aromatic heterocycles. The highest BCUT2D eigenvalue weighted by Gasteiger charge is 2.26. The Labute approximate surface area is 86.6 Å². The van der Waals surface area contributed by atoms with Gasteiger partial charge in [0.1, 0.15) is 5.75 Å². The van der Waals surface area contributed by atoms with Crippen LogP contribution < -0.4 is 4.74 Å². The van der Waals surface area contributed by atoms with Crippen molar-refractivity contribution in [2.24, 2.45) is 0 Å². The van der Waals surface area contributed by atoms with Crippen LogP contribution in [0.4, 0.5) is 0 Å². The highest BCUT2D eigenvalue weighted by molar-refractivity contribution is 6.32. The molecule has 4 nitrogen and oxygen atoms in total. The van der Waals surface area contributed by atoms with Crippen LogP contribution in [0.25, 0.3) is 0 Å². The van der Waals surface area contributed by atoms with E-state index in [0.29, 0.717) is 5.75 Å². The molecule has 0 amide bonds. The van der Waals surface area contributed by atoms with Gasteiger partial charge in [-0.25, -0.2) is 0 Å². The zero-order valence-electron chi connectivity index (χ0n) is 7.82. The summed E-state index contributed by atoms with van der Waals surface area (Å²) in [6.45, 7) is 0. The Morgan fingerprint density at radius 3 is 2.36 bits per heavy atom. The topological polar surface area (TPSA) is 58.9 Å². The van der Waals surface area contributed by atoms with E-state index < -0.39 is 5.97 Å². The van der Waals surface area contributed by atoms with Gasteiger partial charge < -0.3 is 19.7 Å². The predicted molar refractivity (Wildman–Crippen MR) is 51.1 cm³/mol. The third-order valence-corrected chi connectivity index (χ3v) is 2.11. The summed E-state index contributed by atoms with van der Waals surface area (Å²) in [6.07, 6.45) is 0. The Balaban J connectivity index is 3.08. The molecule has 78 valence electrons. The van der Waals surface area contributed by atoms with Crippen LogP contribution in [0.1, 0.15) is 5.56 Å². The normalized spacial score (nSPS) is 11.5. The average Bonchev–Trinajstić information content (AvgIpc) is 2.17. The van der Waals surface area contributed by atoms with Crippen molar-refractivity contribution >= 4 is 11.6 Å². The van der Waals surface area contributed by atoms with Crippen molar-refractivity contribution in [1.29, 1.82) is 0 Å². The van der Waals surface area contributed by atoms with E-state index in [0.717, 1.165) is 0 Å². The molecule has 1 aromatic rings. The monoisotopic (exact) mass is 218 g/mol. The molecule has 0 atom stereocenters. The second kappa shape index (κ2) is 4.14. The molecule has 5 heteroatoms. The van der Waals surface area contributed by atoms with Crippen molar-refractivity contribution in [3.05, 3.63) is 28.8 Å². The van der Waals surface area contributed by atoms with Crippen LogP contribution in [0.3, 0.4) is 0 Å². The summed E-state index contributed by atoms with van der Waals surface area (Å²) in [5.74, 6) is -1.86. The minimum absolute atomic E-state index is 0.144. The van der Waals surface area contributed by atoms with Crippen LogP contribution in [0, 0.1) is 0 Å². The maximum absolute atomic E-state index is 9.32. The van der Waals surface area contributed by atoms with Gasteiger partial charge in [-0.2, -0.15) is 0 Å². The second-order valence-corrected chi connectivity index (χ2v) is 3.07. The molecule has 0 bridgehead atoms. The molecule has 0 saturated carbocycles. The minimum Gasteiger partial charge on any atom is -0.495 e. The fourth-order valence-corrected chi connectivity index (χ4v) is 1.24. The average molecular weight is 219 g/mol. The lowest BCUT2D eigenvalue weighted by atomic mass is 10.2. The number of aliphatic hydroxyl groups is 2. The maximum Gasteiger partial charge on any atom is 0.306 e. The van der Waals surface area contributed by atoms with Crippen molar-refractivity contribution in [3.63, 3.8) is 0 Å². The summed E-state index contributed by atoms with van der Waals surface area (Å²) in [5.41, 5.74) is 0.144. The van der Waals surface area contributed by atoms with Crippen LogP contribution in [-0.2, 0) is 10.7 Å². The van der Waals surface area contributed by atoms with Gasteiger partial charge in [-0.15, -0.1) is 0 Å². The summed E-state index contributed by atoms with van der Waals surface area (Å²) >= 11 is 5.79. The molecule has 0 fully saturated rings. The van der Waals surface area contributed by atoms with Crippen molar-refractivity contribution in [3.8, 4) is 5.75 Å². The molecule has 2 N–H and O–H groups in total. The maximum atomic E-state index is 9.32. The Bertz CT molecular complexity index is 325. The highest BCUT2D eigenvalue weighted by atomic mass is 35.5. The molecule has 0 aliphatic rings. The van der Waals surface area contributed by atoms with Gasteiger partial charge in [0.05, 0.1) is 12.1 Å². The molecular weight excluding hydrogens is 208 g/mol. The van der Waals surface area contributed by atoms with Gasteiger partial charge in [0.2, 0.25) is 0 Å². The Hall–Kier alpha value is -0.810. The molecule has 14 heavy (non-hydrogen) atoms. The summed E-state index contributed by atoms with van der Waals surface area (Å²) in [7, 11) is 2.65. The number of methoxy groups -OCH3 is 2. The first-order chi connectivity index (χ1) is 6.51. The smallest absolute Gasteiger partial charge is 0.306 e. The lowest BCUT2D eigenvalue weighted by molar-refractivity contribution is -0.338. The fourth-order valence-electron chi connectivity index (χ4n) is 0.987. The first-order valence-corrected chi connectivity index (χ1v) is 4.23. The molecule has 0 radical (unpaired) electrons. The Morgan fingerprint density at radius 2 is 1.93 bits per heavy atom. The minimum atomic E-state index is -2.32. The molecule has 0 aliphatic carbocycles. The van der Waals surface area contributed by atoms with Gasteiger partial charge in [-0.05, 0) is 18.2 Å².